The van der Waals surface area contributed by atoms with Crippen molar-refractivity contribution in [2.75, 3.05) is 39.9 Å². The lowest BCUT2D eigenvalue weighted by Gasteiger charge is -2.62. The minimum Gasteiger partial charge on any atom is -0.508 e. The van der Waals surface area contributed by atoms with Crippen molar-refractivity contribution in [3.63, 3.8) is 0 Å². The number of nitrogens with zero attached hydrogens (tertiary/aromatic N) is 2. The van der Waals surface area contributed by atoms with Crippen molar-refractivity contribution in [1.29, 1.82) is 0 Å². The third kappa shape index (κ3) is 4.71. The summed E-state index contributed by atoms with van der Waals surface area (Å²) < 4.78 is 30.4. The maximum Gasteiger partial charge on any atom is 0.331 e. The summed E-state index contributed by atoms with van der Waals surface area (Å²) in [6.45, 7) is 7.17. The first-order valence-corrected chi connectivity index (χ1v) is 19.0. The molecule has 7 aliphatic rings. The molecule has 3 aromatic rings. The predicted molar refractivity (Wildman–Crippen MR) is 193 cm³/mol. The second-order valence-electron chi connectivity index (χ2n) is 15.0. The maximum atomic E-state index is 14.6. The number of hydrogen-bond donors (Lipinski definition) is 4. The molecule has 0 saturated carbocycles. The van der Waals surface area contributed by atoms with Crippen molar-refractivity contribution in [1.82, 2.24) is 15.1 Å². The summed E-state index contributed by atoms with van der Waals surface area (Å²) in [5, 5.41) is 38.2. The third-order valence-corrected chi connectivity index (χ3v) is 13.8. The number of phenols is 2. The fourth-order valence-electron chi connectivity index (χ4n) is 9.96. The van der Waals surface area contributed by atoms with Crippen LogP contribution in [0.3, 0.4) is 0 Å². The van der Waals surface area contributed by atoms with Gasteiger partial charge in [-0.05, 0) is 80.6 Å². The van der Waals surface area contributed by atoms with E-state index < -0.39 is 47.1 Å². The second-order valence-corrected chi connectivity index (χ2v) is 16.2. The zero-order valence-corrected chi connectivity index (χ0v) is 31.3. The number of carbonyl (C=O) groups excluding carboxylic acids is 2. The summed E-state index contributed by atoms with van der Waals surface area (Å²) in [5.41, 5.74) is 5.34. The van der Waals surface area contributed by atoms with Crippen LogP contribution in [0.15, 0.2) is 18.2 Å². The van der Waals surface area contributed by atoms with Gasteiger partial charge in [0.2, 0.25) is 6.79 Å². The van der Waals surface area contributed by atoms with E-state index in [9.17, 15) is 24.9 Å². The zero-order chi connectivity index (χ0) is 37.2. The average Bonchev–Trinajstić information content (AvgIpc) is 3.61. The fraction of sp³-hybridized carbons (Fsp3) is 0.487. The van der Waals surface area contributed by atoms with Crippen LogP contribution in [0.2, 0.25) is 0 Å². The van der Waals surface area contributed by atoms with Crippen LogP contribution in [0.4, 0.5) is 0 Å². The van der Waals surface area contributed by atoms with Crippen molar-refractivity contribution in [3.05, 3.63) is 68.3 Å². The molecule has 1 spiro atoms. The van der Waals surface area contributed by atoms with Crippen LogP contribution in [-0.4, -0.2) is 95.2 Å². The van der Waals surface area contributed by atoms with Crippen molar-refractivity contribution < 1.29 is 48.6 Å². The number of aryl methyl sites for hydroxylation is 2. The van der Waals surface area contributed by atoms with Gasteiger partial charge in [0.25, 0.3) is 0 Å². The van der Waals surface area contributed by atoms with Gasteiger partial charge in [-0.3, -0.25) is 19.9 Å². The Labute approximate surface area is 311 Å². The molecule has 0 radical (unpaired) electrons. The minimum atomic E-state index is -1.28. The Bertz CT molecular complexity index is 2110. The summed E-state index contributed by atoms with van der Waals surface area (Å²) in [5.74, 6) is 1.09. The number of ether oxygens (including phenoxy) is 5. The Balaban J connectivity index is 1.32. The second kappa shape index (κ2) is 12.2. The standard InChI is InChI=1S/C39H43N3O10S/c1-16-10-22-20(12-25(16)44)7-8-40-39(22)14-53-36-28-27(35-34(50-15-51-35)18(3)33(28)52-19(4)43)24(13-49-38(39)47)42-30(36)29-26-21(11-23(37(42)46)41(29)5)9-17(2)32(48-6)31(26)45/h9-10,12,23-24,29-30,36-37,40,44-46H,7-8,11,13-15H2,1-6H3/t23-,24-,29+,30+,36+,37-,39?/m0/s1. The number of rotatable bonds is 2. The molecule has 2 saturated heterocycles. The van der Waals surface area contributed by atoms with Gasteiger partial charge in [-0.1, -0.05) is 6.07 Å². The number of piperazine rings is 1. The Morgan fingerprint density at radius 1 is 1.02 bits per heavy atom. The molecule has 0 aliphatic carbocycles. The monoisotopic (exact) mass is 745 g/mol. The highest BCUT2D eigenvalue weighted by Crippen LogP contribution is 2.64. The zero-order valence-electron chi connectivity index (χ0n) is 30.4. The molecule has 0 amide bonds. The van der Waals surface area contributed by atoms with Crippen LogP contribution in [0.25, 0.3) is 0 Å². The Hall–Kier alpha value is -4.21. The van der Waals surface area contributed by atoms with E-state index in [1.54, 1.807) is 13.2 Å². The van der Waals surface area contributed by atoms with Crippen molar-refractivity contribution in [2.24, 2.45) is 0 Å². The number of methoxy groups -OCH3 is 1. The first-order valence-electron chi connectivity index (χ1n) is 18.0. The van der Waals surface area contributed by atoms with Crippen molar-refractivity contribution in [2.45, 2.75) is 81.7 Å². The first-order chi connectivity index (χ1) is 25.4. The van der Waals surface area contributed by atoms with Crippen LogP contribution in [-0.2, 0) is 32.7 Å². The summed E-state index contributed by atoms with van der Waals surface area (Å²) in [7, 11) is 3.51. The lowest BCUT2D eigenvalue weighted by Crippen LogP contribution is -2.70. The quantitative estimate of drug-likeness (QED) is 0.222. The number of aromatic hydroxyl groups is 2. The van der Waals surface area contributed by atoms with Crippen LogP contribution >= 0.6 is 11.8 Å². The Morgan fingerprint density at radius 3 is 2.55 bits per heavy atom. The number of esters is 2. The first kappa shape index (κ1) is 34.6. The highest BCUT2D eigenvalue weighted by molar-refractivity contribution is 7.99. The van der Waals surface area contributed by atoms with Gasteiger partial charge in [-0.15, -0.1) is 11.8 Å². The smallest absolute Gasteiger partial charge is 0.331 e. The topological polar surface area (TPSA) is 159 Å². The molecule has 7 atom stereocenters. The largest absolute Gasteiger partial charge is 0.508 e. The molecule has 7 heterocycles. The van der Waals surface area contributed by atoms with Crippen LogP contribution < -0.4 is 24.3 Å². The molecule has 280 valence electrons. The third-order valence-electron chi connectivity index (χ3n) is 12.3. The molecule has 1 unspecified atom stereocenters. The van der Waals surface area contributed by atoms with Crippen LogP contribution in [0.5, 0.6) is 34.5 Å². The molecular formula is C39H43N3O10S. The van der Waals surface area contributed by atoms with Gasteiger partial charge < -0.3 is 39.0 Å². The normalized spacial score (nSPS) is 29.8. The fourth-order valence-corrected chi connectivity index (χ4v) is 11.7. The number of nitrogens with one attached hydrogen (secondary N) is 1. The summed E-state index contributed by atoms with van der Waals surface area (Å²) in [6, 6.07) is 3.49. The van der Waals surface area contributed by atoms with Gasteiger partial charge in [0.15, 0.2) is 28.5 Å². The summed E-state index contributed by atoms with van der Waals surface area (Å²) in [6.07, 6.45) is 0.0521. The number of fused-ring (bicyclic) bond motifs is 9. The number of likely N-dealkylation sites (N-methyl/N-ethyl adjacent to an activating group) is 1. The number of hydrogen-bond acceptors (Lipinski definition) is 14. The molecule has 4 N–H and O–H groups in total. The van der Waals surface area contributed by atoms with Gasteiger partial charge in [-0.25, -0.2) is 4.79 Å². The van der Waals surface area contributed by atoms with Crippen LogP contribution in [0, 0.1) is 20.8 Å². The molecule has 2 fully saturated rings. The molecule has 0 aromatic heterocycles. The van der Waals surface area contributed by atoms with E-state index in [2.05, 4.69) is 10.2 Å². The molecule has 4 bridgehead atoms. The van der Waals surface area contributed by atoms with E-state index in [-0.39, 0.29) is 36.7 Å². The molecule has 53 heavy (non-hydrogen) atoms. The van der Waals surface area contributed by atoms with E-state index in [1.807, 2.05) is 44.9 Å². The number of carbonyl (C=O) groups is 2. The van der Waals surface area contributed by atoms with Gasteiger partial charge in [0.05, 0.1) is 30.5 Å². The van der Waals surface area contributed by atoms with Crippen LogP contribution in [0.1, 0.15) is 74.3 Å². The van der Waals surface area contributed by atoms with Gasteiger partial charge >= 0.3 is 11.9 Å². The molecule has 10 rings (SSSR count). The highest BCUT2D eigenvalue weighted by Gasteiger charge is 2.61. The SMILES string of the molecule is COc1c(C)cc2c(c1O)[C@@H]1[C@@H]3[C@@H]4SCC5(NCCc6cc(O)c(C)cc65)C(=O)OC[C@@H](c5c6c(c(C)c(OC(C)=O)c54)OCO6)N3[C@@H](O)[C@H](C2)N1C. The molecular weight excluding hydrogens is 703 g/mol. The van der Waals surface area contributed by atoms with E-state index in [0.717, 1.165) is 22.3 Å². The Morgan fingerprint density at radius 2 is 1.79 bits per heavy atom. The Kier molecular flexibility index (Phi) is 7.92. The molecule has 7 aliphatic heterocycles. The van der Waals surface area contributed by atoms with Gasteiger partial charge in [0, 0.05) is 47.5 Å². The average molecular weight is 746 g/mol. The number of phenolic OH excluding ortho intramolecular Hbond substituents is 2. The van der Waals surface area contributed by atoms with Crippen molar-refractivity contribution in [3.8, 4) is 34.5 Å². The summed E-state index contributed by atoms with van der Waals surface area (Å²) in [4.78, 5) is 31.7. The number of benzene rings is 3. The van der Waals surface area contributed by atoms with Crippen molar-refractivity contribution >= 4 is 23.7 Å². The van der Waals surface area contributed by atoms with E-state index in [1.165, 1.54) is 18.7 Å². The lowest BCUT2D eigenvalue weighted by molar-refractivity contribution is -0.186. The number of thioether (sulfide) groups is 1. The maximum absolute atomic E-state index is 14.6. The molecule has 14 heteroatoms. The number of aliphatic hydroxyl groups excluding tert-OH is 1. The van der Waals surface area contributed by atoms with Gasteiger partial charge in [0.1, 0.15) is 24.3 Å². The van der Waals surface area contributed by atoms with E-state index in [0.29, 0.717) is 70.2 Å². The van der Waals surface area contributed by atoms with E-state index >= 15 is 0 Å². The lowest BCUT2D eigenvalue weighted by atomic mass is 9.73. The van der Waals surface area contributed by atoms with Gasteiger partial charge in [-0.2, -0.15) is 0 Å². The molecule has 13 nitrogen and oxygen atoms in total. The number of aliphatic hydroxyl groups is 1. The van der Waals surface area contributed by atoms with E-state index in [4.69, 9.17) is 23.7 Å². The molecule has 3 aromatic carbocycles. The minimum absolute atomic E-state index is 0.0488. The summed E-state index contributed by atoms with van der Waals surface area (Å²) >= 11 is 1.50. The highest BCUT2D eigenvalue weighted by atomic mass is 32.2. The predicted octanol–water partition coefficient (Wildman–Crippen LogP) is 3.71.